The molecule has 0 spiro atoms. The fraction of sp³-hybridized carbons (Fsp3) is 0.391. The predicted octanol–water partition coefficient (Wildman–Crippen LogP) is 5.96. The largest absolute Gasteiger partial charge is 0.416 e. The van der Waals surface area contributed by atoms with Gasteiger partial charge in [-0.05, 0) is 42.5 Å². The van der Waals surface area contributed by atoms with Crippen molar-refractivity contribution in [2.24, 2.45) is 10.4 Å². The van der Waals surface area contributed by atoms with Crippen LogP contribution in [0.15, 0.2) is 53.5 Å². The summed E-state index contributed by atoms with van der Waals surface area (Å²) in [4.78, 5) is 9.35. The zero-order valence-corrected chi connectivity index (χ0v) is 19.3. The molecule has 0 radical (unpaired) electrons. The van der Waals surface area contributed by atoms with Crippen molar-refractivity contribution in [1.82, 2.24) is 4.90 Å². The summed E-state index contributed by atoms with van der Waals surface area (Å²) in [5, 5.41) is 0.579. The average Bonchev–Trinajstić information content (AvgIpc) is 2.95. The van der Waals surface area contributed by atoms with Gasteiger partial charge in [0.2, 0.25) is 0 Å². The van der Waals surface area contributed by atoms with Crippen molar-refractivity contribution >= 4 is 46.0 Å². The van der Waals surface area contributed by atoms with Crippen molar-refractivity contribution in [2.75, 3.05) is 31.2 Å². The number of hydrogen-bond donors (Lipinski definition) is 0. The third kappa shape index (κ3) is 4.41. The Bertz CT molecular complexity index is 1030. The Morgan fingerprint density at radius 2 is 1.75 bits per heavy atom. The number of benzene rings is 2. The highest BCUT2D eigenvalue weighted by atomic mass is 35.5. The van der Waals surface area contributed by atoms with Gasteiger partial charge in [0.25, 0.3) is 0 Å². The van der Waals surface area contributed by atoms with Gasteiger partial charge < -0.3 is 4.74 Å². The number of morpholine rings is 1. The average molecular weight is 482 g/mol. The highest BCUT2D eigenvalue weighted by molar-refractivity contribution is 7.80. The van der Waals surface area contributed by atoms with Crippen LogP contribution in [0.25, 0.3) is 0 Å². The molecular formula is C23H23ClF3N3OS. The normalized spacial score (nSPS) is 23.2. The van der Waals surface area contributed by atoms with Gasteiger partial charge in [-0.1, -0.05) is 43.7 Å². The van der Waals surface area contributed by atoms with Crippen LogP contribution in [0.3, 0.4) is 0 Å². The molecule has 2 aromatic rings. The molecule has 2 aliphatic heterocycles. The molecule has 2 aliphatic rings. The quantitative estimate of drug-likeness (QED) is 0.505. The van der Waals surface area contributed by atoms with Crippen LogP contribution in [0.1, 0.15) is 19.4 Å². The molecule has 0 N–H and O–H groups in total. The third-order valence-corrected chi connectivity index (χ3v) is 6.78. The van der Waals surface area contributed by atoms with E-state index in [1.807, 2.05) is 13.8 Å². The van der Waals surface area contributed by atoms with Gasteiger partial charge in [0.05, 0.1) is 35.5 Å². The number of nitrogens with zero attached hydrogens (tertiary/aromatic N) is 3. The molecule has 0 saturated carbocycles. The molecule has 0 unspecified atom stereocenters. The number of thiocarbonyl (C=S) groups is 1. The Kier molecular flexibility index (Phi) is 6.33. The Morgan fingerprint density at radius 1 is 1.09 bits per heavy atom. The summed E-state index contributed by atoms with van der Waals surface area (Å²) in [5.74, 6) is 0.601. The van der Waals surface area contributed by atoms with E-state index in [-0.39, 0.29) is 6.04 Å². The number of alkyl halides is 3. The van der Waals surface area contributed by atoms with Crippen LogP contribution in [0.5, 0.6) is 0 Å². The first-order valence-electron chi connectivity index (χ1n) is 10.3. The maximum atomic E-state index is 13.4. The molecule has 2 heterocycles. The second-order valence-corrected chi connectivity index (χ2v) is 9.23. The molecule has 0 aliphatic carbocycles. The van der Waals surface area contributed by atoms with Gasteiger partial charge in [-0.25, -0.2) is 4.99 Å². The molecule has 0 bridgehead atoms. The highest BCUT2D eigenvalue weighted by Gasteiger charge is 2.52. The van der Waals surface area contributed by atoms with E-state index in [1.165, 1.54) is 6.07 Å². The van der Waals surface area contributed by atoms with E-state index in [2.05, 4.69) is 4.90 Å². The molecule has 9 heteroatoms. The lowest BCUT2D eigenvalue weighted by molar-refractivity contribution is -0.137. The minimum absolute atomic E-state index is 0.218. The smallest absolute Gasteiger partial charge is 0.379 e. The van der Waals surface area contributed by atoms with Crippen LogP contribution >= 0.6 is 23.8 Å². The van der Waals surface area contributed by atoms with Gasteiger partial charge >= 0.3 is 6.18 Å². The van der Waals surface area contributed by atoms with Crippen molar-refractivity contribution < 1.29 is 17.9 Å². The van der Waals surface area contributed by atoms with Gasteiger partial charge in [0, 0.05) is 29.2 Å². The summed E-state index contributed by atoms with van der Waals surface area (Å²) >= 11 is 11.9. The Labute approximate surface area is 195 Å². The highest BCUT2D eigenvalue weighted by Crippen LogP contribution is 2.42. The number of halogens is 4. The lowest BCUT2D eigenvalue weighted by Crippen LogP contribution is -2.52. The van der Waals surface area contributed by atoms with E-state index in [0.717, 1.165) is 12.1 Å². The molecule has 0 amide bonds. The topological polar surface area (TPSA) is 28.1 Å². The van der Waals surface area contributed by atoms with Crippen molar-refractivity contribution in [1.29, 1.82) is 0 Å². The van der Waals surface area contributed by atoms with Gasteiger partial charge in [0.1, 0.15) is 5.84 Å². The molecule has 4 nitrogen and oxygen atoms in total. The molecule has 4 rings (SSSR count). The summed E-state index contributed by atoms with van der Waals surface area (Å²) in [7, 11) is 0. The monoisotopic (exact) mass is 481 g/mol. The third-order valence-electron chi connectivity index (χ3n) is 5.82. The van der Waals surface area contributed by atoms with Gasteiger partial charge in [-0.2, -0.15) is 13.2 Å². The SMILES string of the molecule is CC1(C)C(=S)N(c2cccc(C(F)(F)F)c2)C(=Nc2ccc(Cl)cc2)[C@@H]1N1CCOCC1. The van der Waals surface area contributed by atoms with E-state index < -0.39 is 17.2 Å². The Morgan fingerprint density at radius 3 is 2.38 bits per heavy atom. The van der Waals surface area contributed by atoms with Crippen molar-refractivity contribution in [3.8, 4) is 0 Å². The summed E-state index contributed by atoms with van der Waals surface area (Å²) in [6.45, 7) is 6.56. The van der Waals surface area contributed by atoms with Crippen LogP contribution in [-0.2, 0) is 10.9 Å². The van der Waals surface area contributed by atoms with Crippen molar-refractivity contribution in [3.63, 3.8) is 0 Å². The van der Waals surface area contributed by atoms with Gasteiger partial charge in [0.15, 0.2) is 0 Å². The maximum absolute atomic E-state index is 13.4. The molecular weight excluding hydrogens is 459 g/mol. The van der Waals surface area contributed by atoms with Crippen LogP contribution in [0.2, 0.25) is 5.02 Å². The lowest BCUT2D eigenvalue weighted by Gasteiger charge is -2.38. The molecule has 170 valence electrons. The summed E-state index contributed by atoms with van der Waals surface area (Å²) in [6.07, 6.45) is -4.45. The first-order chi connectivity index (χ1) is 15.1. The fourth-order valence-corrected chi connectivity index (χ4v) is 4.68. The maximum Gasteiger partial charge on any atom is 0.416 e. The van der Waals surface area contributed by atoms with Gasteiger partial charge in [-0.15, -0.1) is 0 Å². The second-order valence-electron chi connectivity index (χ2n) is 8.41. The fourth-order valence-electron chi connectivity index (χ4n) is 4.24. The predicted molar refractivity (Wildman–Crippen MR) is 125 cm³/mol. The van der Waals surface area contributed by atoms with E-state index >= 15 is 0 Å². The van der Waals surface area contributed by atoms with Crippen LogP contribution < -0.4 is 4.90 Å². The number of hydrogen-bond acceptors (Lipinski definition) is 4. The summed E-state index contributed by atoms with van der Waals surface area (Å²) in [5.41, 5.74) is -0.260. The lowest BCUT2D eigenvalue weighted by atomic mass is 9.85. The first-order valence-corrected chi connectivity index (χ1v) is 11.1. The molecule has 1 atom stereocenters. The zero-order valence-electron chi connectivity index (χ0n) is 17.7. The molecule has 2 fully saturated rings. The first kappa shape index (κ1) is 23.2. The standard InChI is InChI=1S/C23H23ClF3N3OS/c1-22(2)19(29-10-12-31-13-11-29)20(28-17-8-6-16(24)7-9-17)30(21(22)32)18-5-3-4-15(14-18)23(25,26)27/h3-9,14,19H,10-13H2,1-2H3/t19-/m0/s1. The van der Waals surface area contributed by atoms with Crippen molar-refractivity contribution in [3.05, 3.63) is 59.1 Å². The number of rotatable bonds is 3. The Hall–Kier alpha value is -2.00. The second kappa shape index (κ2) is 8.74. The zero-order chi connectivity index (χ0) is 23.1. The number of aliphatic imine (C=N–C) groups is 1. The summed E-state index contributed by atoms with van der Waals surface area (Å²) < 4.78 is 45.8. The van der Waals surface area contributed by atoms with Crippen LogP contribution in [0, 0.1) is 5.41 Å². The van der Waals surface area contributed by atoms with Crippen LogP contribution in [0.4, 0.5) is 24.5 Å². The van der Waals surface area contributed by atoms with E-state index in [0.29, 0.717) is 53.5 Å². The van der Waals surface area contributed by atoms with Crippen LogP contribution in [-0.4, -0.2) is 48.1 Å². The number of amidine groups is 1. The number of anilines is 1. The molecule has 32 heavy (non-hydrogen) atoms. The van der Waals surface area contributed by atoms with E-state index in [1.54, 1.807) is 35.2 Å². The van der Waals surface area contributed by atoms with Crippen molar-refractivity contribution in [2.45, 2.75) is 26.1 Å². The molecule has 2 aromatic carbocycles. The minimum atomic E-state index is -4.45. The minimum Gasteiger partial charge on any atom is -0.379 e. The Balaban J connectivity index is 1.86. The molecule has 0 aromatic heterocycles. The van der Waals surface area contributed by atoms with E-state index in [9.17, 15) is 13.2 Å². The molecule has 2 saturated heterocycles. The van der Waals surface area contributed by atoms with E-state index in [4.69, 9.17) is 33.5 Å². The number of ether oxygens (including phenoxy) is 1. The van der Waals surface area contributed by atoms with Gasteiger partial charge in [-0.3, -0.25) is 9.80 Å². The summed E-state index contributed by atoms with van der Waals surface area (Å²) in [6, 6.07) is 12.0.